The highest BCUT2D eigenvalue weighted by Crippen LogP contribution is 2.32. The molecule has 2 heterocycles. The lowest BCUT2D eigenvalue weighted by Crippen LogP contribution is -2.28. The number of nitrogens with zero attached hydrogens (tertiary/aromatic N) is 3. The molecule has 1 aliphatic rings. The van der Waals surface area contributed by atoms with Gasteiger partial charge in [-0.1, -0.05) is 25.1 Å². The summed E-state index contributed by atoms with van der Waals surface area (Å²) in [5.74, 6) is 1.26. The van der Waals surface area contributed by atoms with Gasteiger partial charge >= 0.3 is 0 Å². The van der Waals surface area contributed by atoms with Crippen LogP contribution < -0.4 is 10.9 Å². The lowest BCUT2D eigenvalue weighted by atomic mass is 9.87. The molecule has 1 aromatic carbocycles. The number of pyridine rings is 1. The van der Waals surface area contributed by atoms with Crippen LogP contribution >= 0.6 is 0 Å². The molecular weight excluding hydrogens is 312 g/mol. The predicted molar refractivity (Wildman–Crippen MR) is 100 cm³/mol. The second-order valence-corrected chi connectivity index (χ2v) is 6.92. The minimum Gasteiger partial charge on any atom is -0.324 e. The molecule has 5 nitrogen and oxygen atoms in total. The SMILES string of the molecule is CC1CCC(n2c(=O)ccc3cnc(Nc4ccccc4)nc32)CC1. The van der Waals surface area contributed by atoms with Crippen molar-refractivity contribution >= 4 is 22.7 Å². The summed E-state index contributed by atoms with van der Waals surface area (Å²) >= 11 is 0. The maximum atomic E-state index is 12.6. The first-order chi connectivity index (χ1) is 12.2. The molecule has 0 saturated heterocycles. The number of fused-ring (bicyclic) bond motifs is 1. The Balaban J connectivity index is 1.75. The predicted octanol–water partition coefficient (Wildman–Crippen LogP) is 4.29. The van der Waals surface area contributed by atoms with Crippen molar-refractivity contribution in [3.63, 3.8) is 0 Å². The van der Waals surface area contributed by atoms with Gasteiger partial charge in [-0.2, -0.15) is 4.98 Å². The van der Waals surface area contributed by atoms with Crippen molar-refractivity contribution < 1.29 is 0 Å². The van der Waals surface area contributed by atoms with E-state index in [1.165, 1.54) is 0 Å². The zero-order chi connectivity index (χ0) is 17.2. The highest BCUT2D eigenvalue weighted by atomic mass is 16.1. The van der Waals surface area contributed by atoms with Crippen LogP contribution in [0, 0.1) is 5.92 Å². The topological polar surface area (TPSA) is 59.8 Å². The second kappa shape index (κ2) is 6.67. The van der Waals surface area contributed by atoms with Crippen LogP contribution in [0.4, 0.5) is 11.6 Å². The molecule has 3 aromatic rings. The molecule has 1 N–H and O–H groups in total. The van der Waals surface area contributed by atoms with Crippen LogP contribution in [-0.2, 0) is 0 Å². The molecule has 0 radical (unpaired) electrons. The summed E-state index contributed by atoms with van der Waals surface area (Å²) in [4.78, 5) is 21.6. The molecule has 0 aliphatic heterocycles. The van der Waals surface area contributed by atoms with E-state index in [2.05, 4.69) is 22.2 Å². The van der Waals surface area contributed by atoms with Gasteiger partial charge in [0.15, 0.2) is 0 Å². The summed E-state index contributed by atoms with van der Waals surface area (Å²) in [7, 11) is 0. The number of nitrogens with one attached hydrogen (secondary N) is 1. The first-order valence-electron chi connectivity index (χ1n) is 8.91. The van der Waals surface area contributed by atoms with Crippen LogP contribution in [0.1, 0.15) is 38.6 Å². The highest BCUT2D eigenvalue weighted by Gasteiger charge is 2.22. The van der Waals surface area contributed by atoms with Crippen molar-refractivity contribution in [2.45, 2.75) is 38.6 Å². The van der Waals surface area contributed by atoms with Gasteiger partial charge in [-0.25, -0.2) is 4.98 Å². The van der Waals surface area contributed by atoms with Gasteiger partial charge in [0.25, 0.3) is 5.56 Å². The van der Waals surface area contributed by atoms with E-state index >= 15 is 0 Å². The standard InChI is InChI=1S/C20H22N4O/c1-14-7-10-17(11-8-14)24-18(25)12-9-15-13-21-20(23-19(15)24)22-16-5-3-2-4-6-16/h2-6,9,12-14,17H,7-8,10-11H2,1H3,(H,21,22,23). The minimum atomic E-state index is 0.0245. The Labute approximate surface area is 146 Å². The number of aromatic nitrogens is 3. The lowest BCUT2D eigenvalue weighted by molar-refractivity contribution is 0.289. The van der Waals surface area contributed by atoms with E-state index in [1.807, 2.05) is 41.0 Å². The van der Waals surface area contributed by atoms with Gasteiger partial charge in [0.05, 0.1) is 0 Å². The normalized spacial score (nSPS) is 20.5. The van der Waals surface area contributed by atoms with Gasteiger partial charge in [0, 0.05) is 29.4 Å². The molecule has 0 amide bonds. The van der Waals surface area contributed by atoms with Crippen molar-refractivity contribution in [3.8, 4) is 0 Å². The van der Waals surface area contributed by atoms with E-state index in [-0.39, 0.29) is 11.6 Å². The van der Waals surface area contributed by atoms with Gasteiger partial charge in [0.1, 0.15) is 5.65 Å². The van der Waals surface area contributed by atoms with E-state index < -0.39 is 0 Å². The Morgan fingerprint density at radius 3 is 2.56 bits per heavy atom. The Morgan fingerprint density at radius 1 is 1.04 bits per heavy atom. The van der Waals surface area contributed by atoms with Crippen LogP contribution in [0.25, 0.3) is 11.0 Å². The number of benzene rings is 1. The molecule has 1 saturated carbocycles. The first kappa shape index (κ1) is 15.8. The van der Waals surface area contributed by atoms with Crippen LogP contribution in [-0.4, -0.2) is 14.5 Å². The molecule has 0 atom stereocenters. The smallest absolute Gasteiger partial charge is 0.252 e. The van der Waals surface area contributed by atoms with Gasteiger partial charge in [-0.05, 0) is 49.8 Å². The number of hydrogen-bond donors (Lipinski definition) is 1. The van der Waals surface area contributed by atoms with Crippen LogP contribution in [0.2, 0.25) is 0 Å². The van der Waals surface area contributed by atoms with E-state index in [0.29, 0.717) is 5.95 Å². The van der Waals surface area contributed by atoms with Crippen molar-refractivity contribution in [1.29, 1.82) is 0 Å². The molecule has 128 valence electrons. The Bertz CT molecular complexity index is 927. The summed E-state index contributed by atoms with van der Waals surface area (Å²) in [6.07, 6.45) is 6.17. The fraction of sp³-hybridized carbons (Fsp3) is 0.350. The summed E-state index contributed by atoms with van der Waals surface area (Å²) in [6.45, 7) is 2.28. The van der Waals surface area contributed by atoms with Gasteiger partial charge in [0.2, 0.25) is 5.95 Å². The molecule has 2 aromatic heterocycles. The average molecular weight is 334 g/mol. The maximum absolute atomic E-state index is 12.6. The number of anilines is 2. The Hall–Kier alpha value is -2.69. The largest absolute Gasteiger partial charge is 0.324 e. The fourth-order valence-corrected chi connectivity index (χ4v) is 3.60. The van der Waals surface area contributed by atoms with Crippen molar-refractivity contribution in [1.82, 2.24) is 14.5 Å². The molecule has 4 rings (SSSR count). The van der Waals surface area contributed by atoms with E-state index in [1.54, 1.807) is 12.3 Å². The first-order valence-corrected chi connectivity index (χ1v) is 8.91. The molecule has 0 unspecified atom stereocenters. The van der Waals surface area contributed by atoms with Gasteiger partial charge < -0.3 is 5.32 Å². The van der Waals surface area contributed by atoms with Crippen LogP contribution in [0.15, 0.2) is 53.5 Å². The zero-order valence-corrected chi connectivity index (χ0v) is 14.4. The lowest BCUT2D eigenvalue weighted by Gasteiger charge is -2.28. The van der Waals surface area contributed by atoms with Gasteiger partial charge in [-0.3, -0.25) is 9.36 Å². The molecular formula is C20H22N4O. The second-order valence-electron chi connectivity index (χ2n) is 6.92. The number of rotatable bonds is 3. The van der Waals surface area contributed by atoms with Crippen molar-refractivity contribution in [2.24, 2.45) is 5.92 Å². The third-order valence-electron chi connectivity index (χ3n) is 5.05. The quantitative estimate of drug-likeness (QED) is 0.776. The summed E-state index contributed by atoms with van der Waals surface area (Å²) in [5.41, 5.74) is 1.68. The highest BCUT2D eigenvalue weighted by molar-refractivity contribution is 5.75. The third-order valence-corrected chi connectivity index (χ3v) is 5.05. The molecule has 1 fully saturated rings. The summed E-state index contributed by atoms with van der Waals surface area (Å²) in [5, 5.41) is 4.11. The van der Waals surface area contributed by atoms with E-state index in [9.17, 15) is 4.79 Å². The van der Waals surface area contributed by atoms with Crippen LogP contribution in [0.5, 0.6) is 0 Å². The Kier molecular flexibility index (Phi) is 4.22. The molecule has 25 heavy (non-hydrogen) atoms. The number of hydrogen-bond acceptors (Lipinski definition) is 4. The Morgan fingerprint density at radius 2 is 1.80 bits per heavy atom. The zero-order valence-electron chi connectivity index (χ0n) is 14.4. The molecule has 0 spiro atoms. The molecule has 5 heteroatoms. The van der Waals surface area contributed by atoms with Crippen LogP contribution in [0.3, 0.4) is 0 Å². The number of para-hydroxylation sites is 1. The summed E-state index contributed by atoms with van der Waals surface area (Å²) in [6, 6.07) is 13.5. The molecule has 0 bridgehead atoms. The minimum absolute atomic E-state index is 0.0245. The average Bonchev–Trinajstić information content (AvgIpc) is 2.64. The van der Waals surface area contributed by atoms with E-state index in [0.717, 1.165) is 48.3 Å². The van der Waals surface area contributed by atoms with Crippen molar-refractivity contribution in [2.75, 3.05) is 5.32 Å². The van der Waals surface area contributed by atoms with Crippen molar-refractivity contribution in [3.05, 3.63) is 59.0 Å². The monoisotopic (exact) mass is 334 g/mol. The fourth-order valence-electron chi connectivity index (χ4n) is 3.60. The summed E-state index contributed by atoms with van der Waals surface area (Å²) < 4.78 is 1.87. The molecule has 1 aliphatic carbocycles. The third kappa shape index (κ3) is 3.27. The van der Waals surface area contributed by atoms with E-state index in [4.69, 9.17) is 0 Å². The van der Waals surface area contributed by atoms with Gasteiger partial charge in [-0.15, -0.1) is 0 Å². The maximum Gasteiger partial charge on any atom is 0.252 e.